The minimum Gasteiger partial charge on any atom is -0.324 e. The van der Waals surface area contributed by atoms with Gasteiger partial charge in [0.15, 0.2) is 0 Å². The van der Waals surface area contributed by atoms with Crippen molar-refractivity contribution in [1.82, 2.24) is 0 Å². The zero-order valence-electron chi connectivity index (χ0n) is 13.4. The molecule has 0 fully saturated rings. The van der Waals surface area contributed by atoms with E-state index in [9.17, 15) is 13.2 Å². The highest BCUT2D eigenvalue weighted by Crippen LogP contribution is 2.17. The van der Waals surface area contributed by atoms with Gasteiger partial charge in [-0.15, -0.1) is 0 Å². The molecule has 0 unspecified atom stereocenters. The minimum atomic E-state index is -4.18. The number of hydrogen-bond donors (Lipinski definition) is 1. The number of alkyl halides is 1. The molecule has 0 atom stereocenters. The van der Waals surface area contributed by atoms with E-state index in [2.05, 4.69) is 32.1 Å². The van der Waals surface area contributed by atoms with Crippen LogP contribution in [0.1, 0.15) is 18.4 Å². The summed E-state index contributed by atoms with van der Waals surface area (Å²) in [4.78, 5) is 11.7. The van der Waals surface area contributed by atoms with E-state index in [-0.39, 0.29) is 4.90 Å². The Morgan fingerprint density at radius 3 is 2.60 bits per heavy atom. The van der Waals surface area contributed by atoms with Gasteiger partial charge < -0.3 is 4.18 Å². The number of unbranched alkanes of at least 4 members (excludes halogenated alkanes) is 1. The smallest absolute Gasteiger partial charge is 0.324 e. The number of amides is 1. The summed E-state index contributed by atoms with van der Waals surface area (Å²) in [5.41, 5.74) is 1.19. The quantitative estimate of drug-likeness (QED) is 0.271. The molecule has 132 valence electrons. The highest BCUT2D eigenvalue weighted by molar-refractivity contribution is 14.1. The number of benzene rings is 2. The maximum Gasteiger partial charge on any atom is 0.427 e. The maximum absolute atomic E-state index is 12.3. The Hall–Kier alpha value is -1.87. The summed E-state index contributed by atoms with van der Waals surface area (Å²) in [7, 11) is -4.18. The molecule has 0 spiro atoms. The number of allylic oxidation sites excluding steroid dienone is 1. The van der Waals surface area contributed by atoms with E-state index in [1.165, 1.54) is 12.1 Å². The Bertz CT molecular complexity index is 835. The highest BCUT2D eigenvalue weighted by Gasteiger charge is 2.20. The average molecular weight is 471 g/mol. The lowest BCUT2D eigenvalue weighted by atomic mass is 10.2. The lowest BCUT2D eigenvalue weighted by Gasteiger charge is -2.08. The van der Waals surface area contributed by atoms with Crippen LogP contribution in [0.5, 0.6) is 0 Å². The molecule has 7 heteroatoms. The molecular weight excluding hydrogens is 453 g/mol. The third-order valence-electron chi connectivity index (χ3n) is 3.17. The van der Waals surface area contributed by atoms with Gasteiger partial charge in [-0.25, -0.2) is 4.79 Å². The van der Waals surface area contributed by atoms with E-state index in [1.54, 1.807) is 42.5 Å². The first kappa shape index (κ1) is 19.5. The average Bonchev–Trinajstić information content (AvgIpc) is 2.59. The van der Waals surface area contributed by atoms with E-state index in [4.69, 9.17) is 0 Å². The first-order valence-corrected chi connectivity index (χ1v) is 10.6. The van der Waals surface area contributed by atoms with Crippen molar-refractivity contribution in [2.45, 2.75) is 17.7 Å². The van der Waals surface area contributed by atoms with Gasteiger partial charge >= 0.3 is 16.2 Å². The number of carbonyl (C=O) groups is 1. The molecular formula is C18H18INO4S. The summed E-state index contributed by atoms with van der Waals surface area (Å²) in [5.74, 6) is 0. The van der Waals surface area contributed by atoms with Crippen LogP contribution >= 0.6 is 22.6 Å². The summed E-state index contributed by atoms with van der Waals surface area (Å²) in [6.07, 6.45) is 4.80. The highest BCUT2D eigenvalue weighted by atomic mass is 127. The zero-order valence-corrected chi connectivity index (χ0v) is 16.4. The summed E-state index contributed by atoms with van der Waals surface area (Å²) in [6, 6.07) is 14.8. The molecule has 0 heterocycles. The molecule has 0 aromatic heterocycles. The van der Waals surface area contributed by atoms with Crippen molar-refractivity contribution in [1.29, 1.82) is 0 Å². The molecule has 0 saturated heterocycles. The Morgan fingerprint density at radius 1 is 1.12 bits per heavy atom. The van der Waals surface area contributed by atoms with E-state index < -0.39 is 16.2 Å². The van der Waals surface area contributed by atoms with Crippen molar-refractivity contribution in [2.75, 3.05) is 9.74 Å². The largest absolute Gasteiger partial charge is 0.427 e. The SMILES string of the molecule is O=C(Nc1ccccc1)OS(=O)(=O)c1cccc(/C=C/CCCI)c1. The van der Waals surface area contributed by atoms with Crippen molar-refractivity contribution >= 4 is 50.6 Å². The van der Waals surface area contributed by atoms with Crippen LogP contribution < -0.4 is 5.32 Å². The number of halogens is 1. The Morgan fingerprint density at radius 2 is 1.88 bits per heavy atom. The summed E-state index contributed by atoms with van der Waals surface area (Å²) < 4.78 is 30.2. The maximum atomic E-state index is 12.3. The van der Waals surface area contributed by atoms with Gasteiger partial charge in [0.05, 0.1) is 0 Å². The number of carbonyl (C=O) groups excluding carboxylic acids is 1. The van der Waals surface area contributed by atoms with E-state index in [0.29, 0.717) is 5.69 Å². The van der Waals surface area contributed by atoms with E-state index in [1.807, 2.05) is 12.2 Å². The predicted molar refractivity (Wildman–Crippen MR) is 107 cm³/mol. The fourth-order valence-electron chi connectivity index (χ4n) is 2.00. The van der Waals surface area contributed by atoms with Crippen molar-refractivity contribution < 1.29 is 17.4 Å². The first-order valence-electron chi connectivity index (χ1n) is 7.64. The molecule has 0 radical (unpaired) electrons. The van der Waals surface area contributed by atoms with Crippen LogP contribution in [0.4, 0.5) is 10.5 Å². The number of rotatable bonds is 7. The molecule has 0 aliphatic rings. The molecule has 0 aliphatic heterocycles. The minimum absolute atomic E-state index is 0.0632. The monoisotopic (exact) mass is 471 g/mol. The van der Waals surface area contributed by atoms with Crippen LogP contribution in [-0.4, -0.2) is 18.9 Å². The van der Waals surface area contributed by atoms with Crippen LogP contribution in [0, 0.1) is 0 Å². The molecule has 25 heavy (non-hydrogen) atoms. The molecule has 5 nitrogen and oxygen atoms in total. The Balaban J connectivity index is 2.06. The van der Waals surface area contributed by atoms with E-state index >= 15 is 0 Å². The van der Waals surface area contributed by atoms with Crippen LogP contribution in [0.3, 0.4) is 0 Å². The van der Waals surface area contributed by atoms with Crippen molar-refractivity contribution in [3.8, 4) is 0 Å². The van der Waals surface area contributed by atoms with E-state index in [0.717, 1.165) is 22.8 Å². The third-order valence-corrected chi connectivity index (χ3v) is 5.13. The fraction of sp³-hybridized carbons (Fsp3) is 0.167. The Kier molecular flexibility index (Phi) is 7.45. The first-order chi connectivity index (χ1) is 12.0. The second-order valence-electron chi connectivity index (χ2n) is 5.12. The number of anilines is 1. The summed E-state index contributed by atoms with van der Waals surface area (Å²) in [6.45, 7) is 0. The van der Waals surface area contributed by atoms with Gasteiger partial charge in [-0.3, -0.25) is 5.32 Å². The molecule has 0 bridgehead atoms. The lowest BCUT2D eigenvalue weighted by molar-refractivity contribution is 0.217. The lowest BCUT2D eigenvalue weighted by Crippen LogP contribution is -2.19. The van der Waals surface area contributed by atoms with Crippen molar-refractivity contribution in [3.05, 3.63) is 66.2 Å². The number of para-hydroxylation sites is 1. The van der Waals surface area contributed by atoms with Crippen LogP contribution in [-0.2, 0) is 14.3 Å². The van der Waals surface area contributed by atoms with Gasteiger partial charge in [0.25, 0.3) is 0 Å². The van der Waals surface area contributed by atoms with Crippen LogP contribution in [0.15, 0.2) is 65.6 Å². The summed E-state index contributed by atoms with van der Waals surface area (Å²) in [5, 5.41) is 2.38. The molecule has 2 aromatic rings. The number of nitrogens with one attached hydrogen (secondary N) is 1. The van der Waals surface area contributed by atoms with Crippen molar-refractivity contribution in [3.63, 3.8) is 0 Å². The fourth-order valence-corrected chi connectivity index (χ4v) is 3.30. The second-order valence-corrected chi connectivity index (χ2v) is 7.75. The Labute approximate surface area is 161 Å². The summed E-state index contributed by atoms with van der Waals surface area (Å²) >= 11 is 2.31. The third kappa shape index (κ3) is 6.50. The topological polar surface area (TPSA) is 72.5 Å². The molecule has 1 amide bonds. The standard InChI is InChI=1S/C18H18INO4S/c19-13-6-2-3-8-15-9-7-12-17(14-15)25(22,23)24-18(21)20-16-10-4-1-5-11-16/h1,3-5,7-12,14H,2,6,13H2,(H,20,21)/b8-3+. The molecule has 1 N–H and O–H groups in total. The van der Waals surface area contributed by atoms with Gasteiger partial charge in [0, 0.05) is 5.69 Å². The second kappa shape index (κ2) is 9.57. The van der Waals surface area contributed by atoms with Gasteiger partial charge in [-0.05, 0) is 47.1 Å². The zero-order chi connectivity index (χ0) is 18.1. The van der Waals surface area contributed by atoms with Gasteiger partial charge in [-0.1, -0.05) is 65.1 Å². The number of hydrogen-bond acceptors (Lipinski definition) is 4. The predicted octanol–water partition coefficient (Wildman–Crippen LogP) is 4.85. The van der Waals surface area contributed by atoms with Gasteiger partial charge in [-0.2, -0.15) is 8.42 Å². The van der Waals surface area contributed by atoms with Crippen molar-refractivity contribution in [2.24, 2.45) is 0 Å². The van der Waals surface area contributed by atoms with Gasteiger partial charge in [0.1, 0.15) is 4.90 Å². The van der Waals surface area contributed by atoms with Crippen LogP contribution in [0.2, 0.25) is 0 Å². The molecule has 0 aliphatic carbocycles. The van der Waals surface area contributed by atoms with Crippen LogP contribution in [0.25, 0.3) is 6.08 Å². The molecule has 2 rings (SSSR count). The molecule has 2 aromatic carbocycles. The normalized spacial score (nSPS) is 11.4. The van der Waals surface area contributed by atoms with Gasteiger partial charge in [0.2, 0.25) is 0 Å². The molecule has 0 saturated carbocycles.